The minimum Gasteiger partial charge on any atom is -0.394 e. The third kappa shape index (κ3) is 3.87. The number of likely N-dealkylation sites (tertiary alicyclic amines) is 1. The molecule has 0 unspecified atom stereocenters. The number of nitrogens with one attached hydrogen (secondary N) is 1. The SMILES string of the molecule is O=C(Nc1ccn(CCc2ccncc2)n1)N1CCC[C@H]1CO. The average Bonchev–Trinajstić information content (AvgIpc) is 3.22. The van der Waals surface area contributed by atoms with Gasteiger partial charge in [0.1, 0.15) is 0 Å². The first-order chi connectivity index (χ1) is 11.3. The number of pyridine rings is 1. The molecule has 0 spiro atoms. The van der Waals surface area contributed by atoms with Crippen LogP contribution in [0.1, 0.15) is 18.4 Å². The molecule has 0 aliphatic carbocycles. The molecule has 3 rings (SSSR count). The van der Waals surface area contributed by atoms with Gasteiger partial charge in [0.2, 0.25) is 0 Å². The number of carbonyl (C=O) groups excluding carboxylic acids is 1. The van der Waals surface area contributed by atoms with Crippen molar-refractivity contribution in [1.29, 1.82) is 0 Å². The van der Waals surface area contributed by atoms with Gasteiger partial charge in [-0.2, -0.15) is 5.10 Å². The minimum atomic E-state index is -0.194. The molecule has 0 radical (unpaired) electrons. The second-order valence-corrected chi connectivity index (χ2v) is 5.67. The molecule has 0 aromatic carbocycles. The van der Waals surface area contributed by atoms with E-state index in [4.69, 9.17) is 0 Å². The van der Waals surface area contributed by atoms with Crippen molar-refractivity contribution in [1.82, 2.24) is 19.7 Å². The second-order valence-electron chi connectivity index (χ2n) is 5.67. The van der Waals surface area contributed by atoms with Gasteiger partial charge in [0.15, 0.2) is 5.82 Å². The summed E-state index contributed by atoms with van der Waals surface area (Å²) in [5, 5.41) is 16.5. The molecule has 23 heavy (non-hydrogen) atoms. The van der Waals surface area contributed by atoms with Gasteiger partial charge in [0.05, 0.1) is 12.6 Å². The smallest absolute Gasteiger partial charge is 0.323 e. The minimum absolute atomic E-state index is 0.00773. The van der Waals surface area contributed by atoms with Gasteiger partial charge in [-0.3, -0.25) is 15.0 Å². The number of urea groups is 1. The second kappa shape index (κ2) is 7.23. The lowest BCUT2D eigenvalue weighted by atomic mass is 10.2. The van der Waals surface area contributed by atoms with E-state index in [0.29, 0.717) is 12.4 Å². The Balaban J connectivity index is 1.54. The Morgan fingerprint density at radius 3 is 2.96 bits per heavy atom. The van der Waals surface area contributed by atoms with Crippen molar-refractivity contribution >= 4 is 11.8 Å². The topological polar surface area (TPSA) is 83.3 Å². The van der Waals surface area contributed by atoms with Crippen LogP contribution < -0.4 is 5.32 Å². The van der Waals surface area contributed by atoms with E-state index in [-0.39, 0.29) is 18.7 Å². The van der Waals surface area contributed by atoms with Crippen LogP contribution in [0.4, 0.5) is 10.6 Å². The Morgan fingerprint density at radius 1 is 1.35 bits per heavy atom. The molecular weight excluding hydrogens is 294 g/mol. The fraction of sp³-hybridized carbons (Fsp3) is 0.438. The number of aryl methyl sites for hydroxylation is 2. The average molecular weight is 315 g/mol. The third-order valence-electron chi connectivity index (χ3n) is 4.10. The van der Waals surface area contributed by atoms with Crippen molar-refractivity contribution in [3.63, 3.8) is 0 Å². The van der Waals surface area contributed by atoms with E-state index in [2.05, 4.69) is 15.4 Å². The molecule has 1 saturated heterocycles. The van der Waals surface area contributed by atoms with Crippen LogP contribution in [-0.4, -0.2) is 50.0 Å². The quantitative estimate of drug-likeness (QED) is 0.876. The van der Waals surface area contributed by atoms with Gasteiger partial charge in [-0.1, -0.05) is 0 Å². The summed E-state index contributed by atoms with van der Waals surface area (Å²) in [5.41, 5.74) is 1.20. The van der Waals surface area contributed by atoms with Crippen LogP contribution in [0.2, 0.25) is 0 Å². The van der Waals surface area contributed by atoms with Crippen molar-refractivity contribution in [2.75, 3.05) is 18.5 Å². The Labute approximate surface area is 134 Å². The van der Waals surface area contributed by atoms with Crippen molar-refractivity contribution in [3.8, 4) is 0 Å². The molecule has 0 saturated carbocycles. The zero-order chi connectivity index (χ0) is 16.1. The van der Waals surface area contributed by atoms with Crippen molar-refractivity contribution in [2.45, 2.75) is 31.8 Å². The standard InChI is InChI=1S/C16H21N5O2/c22-12-14-2-1-9-21(14)16(23)18-15-6-11-20(19-15)10-5-13-3-7-17-8-4-13/h3-4,6-8,11,14,22H,1-2,5,9-10,12H2,(H,18,19,23)/t14-/m0/s1. The monoisotopic (exact) mass is 315 g/mol. The largest absolute Gasteiger partial charge is 0.394 e. The zero-order valence-corrected chi connectivity index (χ0v) is 12.9. The molecule has 2 aromatic rings. The maximum absolute atomic E-state index is 12.2. The highest BCUT2D eigenvalue weighted by Gasteiger charge is 2.28. The van der Waals surface area contributed by atoms with Gasteiger partial charge in [0.25, 0.3) is 0 Å². The van der Waals surface area contributed by atoms with Crippen LogP contribution in [0.3, 0.4) is 0 Å². The number of carbonyl (C=O) groups is 1. The predicted molar refractivity (Wildman–Crippen MR) is 86.0 cm³/mol. The highest BCUT2D eigenvalue weighted by Crippen LogP contribution is 2.18. The summed E-state index contributed by atoms with van der Waals surface area (Å²) in [6.45, 7) is 1.43. The maximum atomic E-state index is 12.2. The number of aliphatic hydroxyl groups excluding tert-OH is 1. The van der Waals surface area contributed by atoms with Crippen molar-refractivity contribution in [2.24, 2.45) is 0 Å². The molecule has 3 heterocycles. The van der Waals surface area contributed by atoms with Crippen LogP contribution in [-0.2, 0) is 13.0 Å². The lowest BCUT2D eigenvalue weighted by molar-refractivity contribution is 0.166. The zero-order valence-electron chi connectivity index (χ0n) is 12.9. The Morgan fingerprint density at radius 2 is 2.17 bits per heavy atom. The molecular formula is C16H21N5O2. The number of amides is 2. The molecule has 1 aliphatic rings. The van der Waals surface area contributed by atoms with Gasteiger partial charge in [-0.15, -0.1) is 0 Å². The van der Waals surface area contributed by atoms with E-state index >= 15 is 0 Å². The van der Waals surface area contributed by atoms with E-state index in [1.165, 1.54) is 5.56 Å². The number of nitrogens with zero attached hydrogens (tertiary/aromatic N) is 4. The van der Waals surface area contributed by atoms with Crippen LogP contribution in [0.15, 0.2) is 36.8 Å². The summed E-state index contributed by atoms with van der Waals surface area (Å²) in [6.07, 6.45) is 8.04. The molecule has 2 N–H and O–H groups in total. The summed E-state index contributed by atoms with van der Waals surface area (Å²) in [6, 6.07) is 5.47. The molecule has 1 aliphatic heterocycles. The summed E-state index contributed by atoms with van der Waals surface area (Å²) < 4.78 is 1.81. The molecule has 7 nitrogen and oxygen atoms in total. The number of aromatic nitrogens is 3. The first kappa shape index (κ1) is 15.5. The molecule has 122 valence electrons. The predicted octanol–water partition coefficient (Wildman–Crippen LogP) is 1.51. The van der Waals surface area contributed by atoms with E-state index in [1.54, 1.807) is 23.4 Å². The summed E-state index contributed by atoms with van der Waals surface area (Å²) in [4.78, 5) is 17.9. The van der Waals surface area contributed by atoms with Crippen molar-refractivity contribution in [3.05, 3.63) is 42.4 Å². The third-order valence-corrected chi connectivity index (χ3v) is 4.10. The Hall–Kier alpha value is -2.41. The van der Waals surface area contributed by atoms with Gasteiger partial charge in [-0.05, 0) is 37.0 Å². The number of hydrogen-bond acceptors (Lipinski definition) is 4. The lowest BCUT2D eigenvalue weighted by Crippen LogP contribution is -2.40. The summed E-state index contributed by atoms with van der Waals surface area (Å²) in [5.74, 6) is 0.535. The van der Waals surface area contributed by atoms with Crippen molar-refractivity contribution < 1.29 is 9.90 Å². The van der Waals surface area contributed by atoms with Gasteiger partial charge in [-0.25, -0.2) is 4.79 Å². The molecule has 1 atom stereocenters. The van der Waals surface area contributed by atoms with Gasteiger partial charge >= 0.3 is 6.03 Å². The first-order valence-electron chi connectivity index (χ1n) is 7.87. The van der Waals surface area contributed by atoms with E-state index in [9.17, 15) is 9.90 Å². The van der Waals surface area contributed by atoms with Crippen LogP contribution in [0, 0.1) is 0 Å². The first-order valence-corrected chi connectivity index (χ1v) is 7.87. The number of anilines is 1. The lowest BCUT2D eigenvalue weighted by Gasteiger charge is -2.22. The summed E-state index contributed by atoms with van der Waals surface area (Å²) in [7, 11) is 0. The number of rotatable bonds is 5. The van der Waals surface area contributed by atoms with E-state index in [1.807, 2.05) is 23.0 Å². The Bertz CT molecular complexity index is 643. The molecule has 7 heteroatoms. The summed E-state index contributed by atoms with van der Waals surface area (Å²) >= 11 is 0. The number of hydrogen-bond donors (Lipinski definition) is 2. The van der Waals surface area contributed by atoms with Gasteiger partial charge in [0, 0.05) is 37.7 Å². The number of aliphatic hydroxyl groups is 1. The highest BCUT2D eigenvalue weighted by atomic mass is 16.3. The molecule has 2 aromatic heterocycles. The fourth-order valence-corrected chi connectivity index (χ4v) is 2.82. The maximum Gasteiger partial charge on any atom is 0.323 e. The Kier molecular flexibility index (Phi) is 4.87. The van der Waals surface area contributed by atoms with E-state index in [0.717, 1.165) is 25.8 Å². The molecule has 0 bridgehead atoms. The van der Waals surface area contributed by atoms with Crippen LogP contribution in [0.25, 0.3) is 0 Å². The molecule has 1 fully saturated rings. The highest BCUT2D eigenvalue weighted by molar-refractivity contribution is 5.88. The normalized spacial score (nSPS) is 17.4. The van der Waals surface area contributed by atoms with Crippen LogP contribution >= 0.6 is 0 Å². The molecule has 2 amide bonds. The van der Waals surface area contributed by atoms with Gasteiger partial charge < -0.3 is 10.0 Å². The fourth-order valence-electron chi connectivity index (χ4n) is 2.82. The van der Waals surface area contributed by atoms with Crippen LogP contribution in [0.5, 0.6) is 0 Å². The van der Waals surface area contributed by atoms with E-state index < -0.39 is 0 Å².